The maximum Gasteiger partial charge on any atom is 0.271 e. The van der Waals surface area contributed by atoms with Gasteiger partial charge in [0.15, 0.2) is 5.13 Å². The summed E-state index contributed by atoms with van der Waals surface area (Å²) in [5.74, 6) is -0.529. The molecule has 1 saturated heterocycles. The van der Waals surface area contributed by atoms with E-state index in [9.17, 15) is 13.2 Å². The Balaban J connectivity index is 1.33. The molecule has 0 unspecified atom stereocenters. The van der Waals surface area contributed by atoms with E-state index >= 15 is 0 Å². The highest BCUT2D eigenvalue weighted by Crippen LogP contribution is 2.32. The van der Waals surface area contributed by atoms with Gasteiger partial charge in [0.05, 0.1) is 40.6 Å². The number of hydrazone groups is 1. The van der Waals surface area contributed by atoms with Crippen LogP contribution in [0.5, 0.6) is 0 Å². The molecule has 11 heteroatoms. The Labute approximate surface area is 237 Å². The van der Waals surface area contributed by atoms with Gasteiger partial charge in [-0.2, -0.15) is 5.10 Å². The number of benzene rings is 3. The number of morpholine rings is 1. The molecule has 5 rings (SSSR count). The highest BCUT2D eigenvalue weighted by molar-refractivity contribution is 7.92. The lowest BCUT2D eigenvalue weighted by Crippen LogP contribution is -2.36. The Morgan fingerprint density at radius 3 is 2.55 bits per heavy atom. The predicted molar refractivity (Wildman–Crippen MR) is 159 cm³/mol. The minimum absolute atomic E-state index is 0.0203. The number of hydrogen-bond donors (Lipinski definition) is 2. The van der Waals surface area contributed by atoms with E-state index in [2.05, 4.69) is 20.1 Å². The maximum absolute atomic E-state index is 13.0. The van der Waals surface area contributed by atoms with E-state index < -0.39 is 15.9 Å². The number of aryl methyl sites for hydroxylation is 2. The van der Waals surface area contributed by atoms with Crippen LogP contribution in [0.3, 0.4) is 0 Å². The SMILES string of the molecule is Cc1ccc(NS(=O)(=O)c2cccc(C(=O)N/N=C/c3sc(N4CCOCC4)nc3-c3ccccc3)c2)c(C)c1. The number of rotatable bonds is 8. The lowest BCUT2D eigenvalue weighted by Gasteiger charge is -2.26. The number of nitrogens with one attached hydrogen (secondary N) is 2. The Bertz CT molecular complexity index is 1650. The quantitative estimate of drug-likeness (QED) is 0.230. The van der Waals surface area contributed by atoms with Gasteiger partial charge in [0.1, 0.15) is 0 Å². The Morgan fingerprint density at radius 1 is 1.02 bits per heavy atom. The zero-order valence-corrected chi connectivity index (χ0v) is 23.8. The Kier molecular flexibility index (Phi) is 8.24. The van der Waals surface area contributed by atoms with Crippen LogP contribution in [0, 0.1) is 13.8 Å². The molecule has 0 bridgehead atoms. The molecular formula is C29H29N5O4S2. The van der Waals surface area contributed by atoms with Gasteiger partial charge in [0.25, 0.3) is 15.9 Å². The summed E-state index contributed by atoms with van der Waals surface area (Å²) >= 11 is 1.49. The first-order valence-electron chi connectivity index (χ1n) is 12.7. The van der Waals surface area contributed by atoms with Crippen molar-refractivity contribution in [2.45, 2.75) is 18.7 Å². The molecule has 1 fully saturated rings. The zero-order valence-electron chi connectivity index (χ0n) is 22.1. The number of anilines is 2. The largest absolute Gasteiger partial charge is 0.378 e. The summed E-state index contributed by atoms with van der Waals surface area (Å²) in [6.45, 7) is 6.59. The average Bonchev–Trinajstić information content (AvgIpc) is 3.40. The molecule has 0 atom stereocenters. The second-order valence-corrected chi connectivity index (χ2v) is 12.0. The summed E-state index contributed by atoms with van der Waals surface area (Å²) in [7, 11) is -3.90. The van der Waals surface area contributed by atoms with Gasteiger partial charge in [-0.1, -0.05) is 65.4 Å². The molecule has 206 valence electrons. The third-order valence-corrected chi connectivity index (χ3v) is 8.77. The number of aromatic nitrogens is 1. The van der Waals surface area contributed by atoms with Crippen molar-refractivity contribution in [1.29, 1.82) is 0 Å². The summed E-state index contributed by atoms with van der Waals surface area (Å²) in [4.78, 5) is 20.7. The van der Waals surface area contributed by atoms with Crippen molar-refractivity contribution in [3.8, 4) is 11.3 Å². The van der Waals surface area contributed by atoms with Gasteiger partial charge in [-0.05, 0) is 43.7 Å². The number of hydrogen-bond acceptors (Lipinski definition) is 8. The summed E-state index contributed by atoms with van der Waals surface area (Å²) in [5.41, 5.74) is 6.73. The van der Waals surface area contributed by atoms with E-state index in [1.165, 1.54) is 29.5 Å². The zero-order chi connectivity index (χ0) is 28.1. The van der Waals surface area contributed by atoms with Gasteiger partial charge in [0, 0.05) is 24.2 Å². The molecule has 1 aliphatic heterocycles. The molecule has 0 radical (unpaired) electrons. The highest BCUT2D eigenvalue weighted by Gasteiger charge is 2.20. The van der Waals surface area contributed by atoms with Crippen LogP contribution in [-0.2, 0) is 14.8 Å². The number of amides is 1. The van der Waals surface area contributed by atoms with Crippen molar-refractivity contribution in [3.63, 3.8) is 0 Å². The van der Waals surface area contributed by atoms with Gasteiger partial charge in [0.2, 0.25) is 0 Å². The first-order chi connectivity index (χ1) is 19.3. The molecule has 9 nitrogen and oxygen atoms in total. The van der Waals surface area contributed by atoms with Crippen LogP contribution in [0.1, 0.15) is 26.4 Å². The van der Waals surface area contributed by atoms with E-state index in [0.29, 0.717) is 18.9 Å². The first kappa shape index (κ1) is 27.5. The van der Waals surface area contributed by atoms with Crippen molar-refractivity contribution in [2.75, 3.05) is 35.9 Å². The minimum Gasteiger partial charge on any atom is -0.378 e. The number of ether oxygens (including phenoxy) is 1. The Hall–Kier alpha value is -4.06. The van der Waals surface area contributed by atoms with Crippen molar-refractivity contribution >= 4 is 44.3 Å². The van der Waals surface area contributed by atoms with Crippen LogP contribution in [0.15, 0.2) is 82.8 Å². The van der Waals surface area contributed by atoms with E-state index in [-0.39, 0.29) is 10.5 Å². The third-order valence-electron chi connectivity index (χ3n) is 6.35. The van der Waals surface area contributed by atoms with Gasteiger partial charge >= 0.3 is 0 Å². The van der Waals surface area contributed by atoms with Crippen molar-refractivity contribution in [2.24, 2.45) is 5.10 Å². The summed E-state index contributed by atoms with van der Waals surface area (Å²) in [6, 6.07) is 21.1. The molecule has 1 aliphatic rings. The van der Waals surface area contributed by atoms with Crippen LogP contribution in [0.4, 0.5) is 10.8 Å². The number of sulfonamides is 1. The van der Waals surface area contributed by atoms with Crippen LogP contribution in [0.2, 0.25) is 0 Å². The molecule has 1 amide bonds. The number of nitrogens with zero attached hydrogens (tertiary/aromatic N) is 3. The minimum atomic E-state index is -3.90. The molecule has 0 aliphatic carbocycles. The van der Waals surface area contributed by atoms with E-state index in [4.69, 9.17) is 9.72 Å². The molecule has 1 aromatic heterocycles. The fourth-order valence-corrected chi connectivity index (χ4v) is 6.44. The maximum atomic E-state index is 13.0. The average molecular weight is 576 g/mol. The molecule has 3 aromatic carbocycles. The van der Waals surface area contributed by atoms with Crippen LogP contribution in [-0.4, -0.2) is 51.8 Å². The molecule has 4 aromatic rings. The molecule has 40 heavy (non-hydrogen) atoms. The van der Waals surface area contributed by atoms with Gasteiger partial charge in [-0.15, -0.1) is 0 Å². The normalized spacial score (nSPS) is 13.9. The fraction of sp³-hybridized carbons (Fsp3) is 0.207. The second kappa shape index (κ2) is 12.0. The standard InChI is InChI=1S/C29H29N5O4S2/c1-20-11-12-25(21(2)17-20)33-40(36,37)24-10-6-9-23(18-24)28(35)32-30-19-26-27(22-7-4-3-5-8-22)31-29(39-26)34-13-15-38-16-14-34/h3-12,17-19,33H,13-16H2,1-2H3,(H,32,35)/b30-19+. The number of carbonyl (C=O) groups excluding carboxylic acids is 1. The first-order valence-corrected chi connectivity index (χ1v) is 15.0. The molecule has 0 saturated carbocycles. The van der Waals surface area contributed by atoms with Crippen molar-refractivity contribution < 1.29 is 17.9 Å². The monoisotopic (exact) mass is 575 g/mol. The van der Waals surface area contributed by atoms with Gasteiger partial charge in [-0.3, -0.25) is 9.52 Å². The van der Waals surface area contributed by atoms with Crippen LogP contribution < -0.4 is 15.0 Å². The molecule has 2 N–H and O–H groups in total. The lowest BCUT2D eigenvalue weighted by molar-refractivity contribution is 0.0955. The number of thiazole rings is 1. The lowest BCUT2D eigenvalue weighted by atomic mass is 10.1. The van der Waals surface area contributed by atoms with E-state index in [0.717, 1.165) is 45.5 Å². The van der Waals surface area contributed by atoms with Crippen LogP contribution >= 0.6 is 11.3 Å². The predicted octanol–water partition coefficient (Wildman–Crippen LogP) is 4.83. The van der Waals surface area contributed by atoms with Crippen molar-refractivity contribution in [3.05, 3.63) is 94.4 Å². The summed E-state index contributed by atoms with van der Waals surface area (Å²) in [6.07, 6.45) is 1.57. The summed E-state index contributed by atoms with van der Waals surface area (Å²) in [5, 5.41) is 5.04. The van der Waals surface area contributed by atoms with Gasteiger partial charge in [-0.25, -0.2) is 18.8 Å². The highest BCUT2D eigenvalue weighted by atomic mass is 32.2. The summed E-state index contributed by atoms with van der Waals surface area (Å²) < 4.78 is 34.1. The second-order valence-electron chi connectivity index (χ2n) is 9.33. The third kappa shape index (κ3) is 6.39. The smallest absolute Gasteiger partial charge is 0.271 e. The number of carbonyl (C=O) groups is 1. The molecule has 0 spiro atoms. The Morgan fingerprint density at radius 2 is 1.80 bits per heavy atom. The van der Waals surface area contributed by atoms with Gasteiger partial charge < -0.3 is 9.64 Å². The molecular weight excluding hydrogens is 546 g/mol. The molecule has 2 heterocycles. The fourth-order valence-electron chi connectivity index (χ4n) is 4.25. The van der Waals surface area contributed by atoms with E-state index in [1.54, 1.807) is 18.3 Å². The van der Waals surface area contributed by atoms with Crippen LogP contribution in [0.25, 0.3) is 11.3 Å². The topological polar surface area (TPSA) is 113 Å². The van der Waals surface area contributed by atoms with E-state index in [1.807, 2.05) is 56.3 Å². The van der Waals surface area contributed by atoms with Crippen molar-refractivity contribution in [1.82, 2.24) is 10.4 Å².